The summed E-state index contributed by atoms with van der Waals surface area (Å²) >= 11 is 0. The average molecular weight is 181 g/mol. The Morgan fingerprint density at radius 1 is 1.23 bits per heavy atom. The Labute approximate surface area is 80.2 Å². The van der Waals surface area contributed by atoms with E-state index in [-0.39, 0.29) is 5.41 Å². The van der Waals surface area contributed by atoms with Gasteiger partial charge in [0.25, 0.3) is 0 Å². The van der Waals surface area contributed by atoms with Gasteiger partial charge in [-0.05, 0) is 13.3 Å². The van der Waals surface area contributed by atoms with E-state index in [0.717, 1.165) is 24.6 Å². The van der Waals surface area contributed by atoms with Gasteiger partial charge in [-0.2, -0.15) is 0 Å². The molecule has 3 heteroatoms. The summed E-state index contributed by atoms with van der Waals surface area (Å²) in [6.45, 7) is 11.7. The van der Waals surface area contributed by atoms with E-state index >= 15 is 0 Å². The molecule has 0 saturated heterocycles. The molecule has 0 aliphatic carbocycles. The first-order valence-electron chi connectivity index (χ1n) is 4.87. The lowest BCUT2D eigenvalue weighted by Crippen LogP contribution is -2.19. The molecule has 74 valence electrons. The lowest BCUT2D eigenvalue weighted by atomic mass is 9.95. The molecule has 0 aromatic carbocycles. The molecule has 1 rings (SSSR count). The number of nitrogens with zero attached hydrogens (tertiary/aromatic N) is 3. The SMILES string of the molecule is CCCn1c(C)nnc1C(C)(C)C. The summed E-state index contributed by atoms with van der Waals surface area (Å²) in [5, 5.41) is 8.33. The molecule has 0 atom stereocenters. The summed E-state index contributed by atoms with van der Waals surface area (Å²) in [6, 6.07) is 0. The van der Waals surface area contributed by atoms with Crippen LogP contribution in [0.25, 0.3) is 0 Å². The number of hydrogen-bond donors (Lipinski definition) is 0. The lowest BCUT2D eigenvalue weighted by Gasteiger charge is -2.18. The second-order valence-electron chi connectivity index (χ2n) is 4.47. The largest absolute Gasteiger partial charge is 0.315 e. The summed E-state index contributed by atoms with van der Waals surface area (Å²) in [7, 11) is 0. The van der Waals surface area contributed by atoms with Crippen LogP contribution in [0.4, 0.5) is 0 Å². The number of rotatable bonds is 2. The predicted molar refractivity (Wildman–Crippen MR) is 53.8 cm³/mol. The van der Waals surface area contributed by atoms with Gasteiger partial charge in [-0.1, -0.05) is 27.7 Å². The highest BCUT2D eigenvalue weighted by Crippen LogP contribution is 2.20. The van der Waals surface area contributed by atoms with Crippen LogP contribution in [0.1, 0.15) is 45.8 Å². The van der Waals surface area contributed by atoms with E-state index in [9.17, 15) is 0 Å². The Morgan fingerprint density at radius 2 is 1.85 bits per heavy atom. The molecule has 0 saturated carbocycles. The molecule has 0 N–H and O–H groups in total. The fourth-order valence-electron chi connectivity index (χ4n) is 1.43. The zero-order valence-electron chi connectivity index (χ0n) is 9.26. The van der Waals surface area contributed by atoms with Crippen molar-refractivity contribution in [3.05, 3.63) is 11.6 Å². The van der Waals surface area contributed by atoms with Gasteiger partial charge in [-0.3, -0.25) is 0 Å². The van der Waals surface area contributed by atoms with Crippen molar-refractivity contribution in [3.8, 4) is 0 Å². The first kappa shape index (κ1) is 10.2. The molecule has 13 heavy (non-hydrogen) atoms. The van der Waals surface area contributed by atoms with Crippen LogP contribution in [0.3, 0.4) is 0 Å². The molecule has 0 aliphatic rings. The molecule has 1 heterocycles. The standard InChI is InChI=1S/C10H19N3/c1-6-7-13-8(2)11-12-9(13)10(3,4)5/h6-7H2,1-5H3. The first-order chi connectivity index (χ1) is 5.96. The molecule has 3 nitrogen and oxygen atoms in total. The van der Waals surface area contributed by atoms with Crippen molar-refractivity contribution in [2.45, 2.75) is 53.0 Å². The minimum Gasteiger partial charge on any atom is -0.315 e. The Kier molecular flexibility index (Phi) is 2.74. The van der Waals surface area contributed by atoms with Gasteiger partial charge in [-0.15, -0.1) is 10.2 Å². The second kappa shape index (κ2) is 3.48. The molecule has 0 fully saturated rings. The third-order valence-electron chi connectivity index (χ3n) is 2.05. The molecular weight excluding hydrogens is 162 g/mol. The van der Waals surface area contributed by atoms with Crippen molar-refractivity contribution >= 4 is 0 Å². The molecule has 1 aromatic heterocycles. The zero-order valence-corrected chi connectivity index (χ0v) is 9.26. The molecule has 0 unspecified atom stereocenters. The van der Waals surface area contributed by atoms with Crippen molar-refractivity contribution in [2.75, 3.05) is 0 Å². The van der Waals surface area contributed by atoms with Gasteiger partial charge in [0, 0.05) is 12.0 Å². The van der Waals surface area contributed by atoms with Crippen LogP contribution in [0.2, 0.25) is 0 Å². The van der Waals surface area contributed by atoms with Crippen molar-refractivity contribution in [1.82, 2.24) is 14.8 Å². The molecule has 0 spiro atoms. The van der Waals surface area contributed by atoms with Gasteiger partial charge in [-0.25, -0.2) is 0 Å². The summed E-state index contributed by atoms with van der Waals surface area (Å²) in [6.07, 6.45) is 1.13. The number of hydrogen-bond acceptors (Lipinski definition) is 2. The van der Waals surface area contributed by atoms with Crippen molar-refractivity contribution < 1.29 is 0 Å². The second-order valence-corrected chi connectivity index (χ2v) is 4.47. The van der Waals surface area contributed by atoms with Crippen LogP contribution < -0.4 is 0 Å². The van der Waals surface area contributed by atoms with Crippen LogP contribution in [0, 0.1) is 6.92 Å². The molecule has 1 aromatic rings. The highest BCUT2D eigenvalue weighted by Gasteiger charge is 2.21. The first-order valence-corrected chi connectivity index (χ1v) is 4.87. The Hall–Kier alpha value is -0.860. The topological polar surface area (TPSA) is 30.7 Å². The van der Waals surface area contributed by atoms with Crippen molar-refractivity contribution in [2.24, 2.45) is 0 Å². The third-order valence-corrected chi connectivity index (χ3v) is 2.05. The van der Waals surface area contributed by atoms with Gasteiger partial charge in [0.15, 0.2) is 0 Å². The highest BCUT2D eigenvalue weighted by molar-refractivity contribution is 5.05. The molecule has 0 radical (unpaired) electrons. The third kappa shape index (κ3) is 2.08. The van der Waals surface area contributed by atoms with E-state index in [2.05, 4.69) is 42.5 Å². The van der Waals surface area contributed by atoms with Gasteiger partial charge in [0.1, 0.15) is 11.6 Å². The minimum atomic E-state index is 0.0937. The summed E-state index contributed by atoms with van der Waals surface area (Å²) in [4.78, 5) is 0. The van der Waals surface area contributed by atoms with Crippen molar-refractivity contribution in [1.29, 1.82) is 0 Å². The van der Waals surface area contributed by atoms with Crippen LogP contribution in [-0.2, 0) is 12.0 Å². The van der Waals surface area contributed by atoms with E-state index < -0.39 is 0 Å². The van der Waals surface area contributed by atoms with Crippen LogP contribution in [-0.4, -0.2) is 14.8 Å². The van der Waals surface area contributed by atoms with Crippen LogP contribution >= 0.6 is 0 Å². The number of aryl methyl sites for hydroxylation is 1. The van der Waals surface area contributed by atoms with Gasteiger partial charge in [0.2, 0.25) is 0 Å². The molecule has 0 aliphatic heterocycles. The summed E-state index contributed by atoms with van der Waals surface area (Å²) in [5.74, 6) is 2.11. The van der Waals surface area contributed by atoms with E-state index in [4.69, 9.17) is 0 Å². The number of aromatic nitrogens is 3. The van der Waals surface area contributed by atoms with Crippen molar-refractivity contribution in [3.63, 3.8) is 0 Å². The molecule has 0 amide bonds. The van der Waals surface area contributed by atoms with E-state index in [0.29, 0.717) is 0 Å². The molecular formula is C10H19N3. The Bertz CT molecular complexity index is 281. The van der Waals surface area contributed by atoms with Crippen LogP contribution in [0.5, 0.6) is 0 Å². The maximum atomic E-state index is 4.22. The normalized spacial score (nSPS) is 12.1. The summed E-state index contributed by atoms with van der Waals surface area (Å²) < 4.78 is 2.21. The van der Waals surface area contributed by atoms with Gasteiger partial charge < -0.3 is 4.57 Å². The fraction of sp³-hybridized carbons (Fsp3) is 0.800. The maximum Gasteiger partial charge on any atom is 0.138 e. The van der Waals surface area contributed by atoms with Gasteiger partial charge >= 0.3 is 0 Å². The van der Waals surface area contributed by atoms with Crippen LogP contribution in [0.15, 0.2) is 0 Å². The zero-order chi connectivity index (χ0) is 10.1. The highest BCUT2D eigenvalue weighted by atomic mass is 15.3. The van der Waals surface area contributed by atoms with E-state index in [1.807, 2.05) is 6.92 Å². The summed E-state index contributed by atoms with van der Waals surface area (Å²) in [5.41, 5.74) is 0.0937. The fourth-order valence-corrected chi connectivity index (χ4v) is 1.43. The van der Waals surface area contributed by atoms with E-state index in [1.165, 1.54) is 0 Å². The quantitative estimate of drug-likeness (QED) is 0.701. The average Bonchev–Trinajstić information content (AvgIpc) is 2.32. The minimum absolute atomic E-state index is 0.0937. The Balaban J connectivity index is 3.07. The Morgan fingerprint density at radius 3 is 2.31 bits per heavy atom. The lowest BCUT2D eigenvalue weighted by molar-refractivity contribution is 0.490. The van der Waals surface area contributed by atoms with Gasteiger partial charge in [0.05, 0.1) is 0 Å². The predicted octanol–water partition coefficient (Wildman–Crippen LogP) is 2.29. The molecule has 0 bridgehead atoms. The maximum absolute atomic E-state index is 4.22. The van der Waals surface area contributed by atoms with E-state index in [1.54, 1.807) is 0 Å². The smallest absolute Gasteiger partial charge is 0.138 e. The monoisotopic (exact) mass is 181 g/mol.